The molecule has 1 saturated heterocycles. The van der Waals surface area contributed by atoms with Gasteiger partial charge in [0.15, 0.2) is 11.4 Å². The first kappa shape index (κ1) is 16.9. The van der Waals surface area contributed by atoms with Gasteiger partial charge in [0.2, 0.25) is 0 Å². The molecule has 1 aliphatic heterocycles. The number of aromatic nitrogens is 3. The molecule has 0 amide bonds. The first-order chi connectivity index (χ1) is 13.8. The second-order valence-corrected chi connectivity index (χ2v) is 7.09. The molecule has 7 heteroatoms. The molecule has 1 aliphatic rings. The van der Waals surface area contributed by atoms with Crippen molar-refractivity contribution >= 4 is 27.7 Å². The SMILES string of the molecule is O=c1c2ncccc2ccn1CCN1CCN(c2noc3ccccc23)CC1. The number of benzene rings is 1. The third-order valence-electron chi connectivity index (χ3n) is 5.42. The standard InChI is InChI=1S/C21H21N5O2/c27-21-19-16(4-3-8-22-19)7-9-26(21)15-12-24-10-13-25(14-11-24)20-17-5-1-2-6-18(17)28-23-20/h1-9H,10-15H2. The zero-order valence-corrected chi connectivity index (χ0v) is 15.5. The Kier molecular flexibility index (Phi) is 4.29. The number of hydrogen-bond acceptors (Lipinski definition) is 6. The number of hydrogen-bond donors (Lipinski definition) is 0. The van der Waals surface area contributed by atoms with E-state index in [1.807, 2.05) is 48.7 Å². The summed E-state index contributed by atoms with van der Waals surface area (Å²) in [6.45, 7) is 5.16. The molecule has 4 heterocycles. The van der Waals surface area contributed by atoms with Gasteiger partial charge in [0.1, 0.15) is 5.52 Å². The van der Waals surface area contributed by atoms with Crippen molar-refractivity contribution in [1.82, 2.24) is 19.6 Å². The molecule has 0 N–H and O–H groups in total. The fourth-order valence-corrected chi connectivity index (χ4v) is 3.81. The fourth-order valence-electron chi connectivity index (χ4n) is 3.81. The van der Waals surface area contributed by atoms with Crippen LogP contribution in [0.15, 0.2) is 64.2 Å². The number of rotatable bonds is 4. The zero-order valence-electron chi connectivity index (χ0n) is 15.5. The quantitative estimate of drug-likeness (QED) is 0.546. The number of fused-ring (bicyclic) bond motifs is 2. The van der Waals surface area contributed by atoms with E-state index in [1.165, 1.54) is 0 Å². The smallest absolute Gasteiger partial charge is 0.277 e. The van der Waals surface area contributed by atoms with Gasteiger partial charge in [-0.05, 0) is 24.3 Å². The van der Waals surface area contributed by atoms with E-state index in [4.69, 9.17) is 4.52 Å². The number of para-hydroxylation sites is 1. The molecule has 0 unspecified atom stereocenters. The first-order valence-corrected chi connectivity index (χ1v) is 9.55. The highest BCUT2D eigenvalue weighted by Crippen LogP contribution is 2.26. The molecule has 0 radical (unpaired) electrons. The van der Waals surface area contributed by atoms with Gasteiger partial charge in [-0.2, -0.15) is 0 Å². The highest BCUT2D eigenvalue weighted by Gasteiger charge is 2.21. The predicted molar refractivity (Wildman–Crippen MR) is 109 cm³/mol. The van der Waals surface area contributed by atoms with E-state index in [0.29, 0.717) is 12.1 Å². The maximum Gasteiger partial charge on any atom is 0.277 e. The van der Waals surface area contributed by atoms with Gasteiger partial charge in [0, 0.05) is 57.0 Å². The Balaban J connectivity index is 1.23. The number of anilines is 1. The Morgan fingerprint density at radius 3 is 2.71 bits per heavy atom. The Morgan fingerprint density at radius 1 is 0.964 bits per heavy atom. The normalized spacial score (nSPS) is 15.5. The van der Waals surface area contributed by atoms with Crippen LogP contribution in [0.5, 0.6) is 0 Å². The average molecular weight is 375 g/mol. The van der Waals surface area contributed by atoms with E-state index in [9.17, 15) is 4.79 Å². The fraction of sp³-hybridized carbons (Fsp3) is 0.286. The van der Waals surface area contributed by atoms with Gasteiger partial charge < -0.3 is 14.0 Å². The van der Waals surface area contributed by atoms with Crippen molar-refractivity contribution in [2.75, 3.05) is 37.6 Å². The largest absolute Gasteiger partial charge is 0.354 e. The summed E-state index contributed by atoms with van der Waals surface area (Å²) in [7, 11) is 0. The van der Waals surface area contributed by atoms with E-state index in [-0.39, 0.29) is 5.56 Å². The zero-order chi connectivity index (χ0) is 18.9. The van der Waals surface area contributed by atoms with Crippen LogP contribution in [0.4, 0.5) is 5.82 Å². The molecule has 0 bridgehead atoms. The predicted octanol–water partition coefficient (Wildman–Crippen LogP) is 2.36. The van der Waals surface area contributed by atoms with Crippen LogP contribution in [0.1, 0.15) is 0 Å². The van der Waals surface area contributed by atoms with Crippen LogP contribution in [0, 0.1) is 0 Å². The summed E-state index contributed by atoms with van der Waals surface area (Å²) >= 11 is 0. The van der Waals surface area contributed by atoms with Crippen molar-refractivity contribution in [2.45, 2.75) is 6.54 Å². The molecule has 4 aromatic rings. The van der Waals surface area contributed by atoms with Crippen LogP contribution in [0.3, 0.4) is 0 Å². The van der Waals surface area contributed by atoms with E-state index < -0.39 is 0 Å². The monoisotopic (exact) mass is 375 g/mol. The van der Waals surface area contributed by atoms with Crippen molar-refractivity contribution in [2.24, 2.45) is 0 Å². The summed E-state index contributed by atoms with van der Waals surface area (Å²) in [5.74, 6) is 0.923. The minimum atomic E-state index is -0.0224. The molecular formula is C21H21N5O2. The molecule has 0 aliphatic carbocycles. The lowest BCUT2D eigenvalue weighted by molar-refractivity contribution is 0.246. The Morgan fingerprint density at radius 2 is 1.82 bits per heavy atom. The van der Waals surface area contributed by atoms with E-state index in [2.05, 4.69) is 19.9 Å². The summed E-state index contributed by atoms with van der Waals surface area (Å²) < 4.78 is 7.19. The summed E-state index contributed by atoms with van der Waals surface area (Å²) in [6.07, 6.45) is 3.53. The van der Waals surface area contributed by atoms with Crippen LogP contribution < -0.4 is 10.5 Å². The molecule has 7 nitrogen and oxygen atoms in total. The maximum absolute atomic E-state index is 12.6. The molecule has 1 fully saturated rings. The second kappa shape index (κ2) is 7.09. The van der Waals surface area contributed by atoms with Gasteiger partial charge in [-0.25, -0.2) is 0 Å². The molecule has 3 aromatic heterocycles. The molecule has 5 rings (SSSR count). The highest BCUT2D eigenvalue weighted by atomic mass is 16.5. The summed E-state index contributed by atoms with van der Waals surface area (Å²) in [5, 5.41) is 6.21. The number of piperazine rings is 1. The highest BCUT2D eigenvalue weighted by molar-refractivity contribution is 5.88. The second-order valence-electron chi connectivity index (χ2n) is 7.09. The third-order valence-corrected chi connectivity index (χ3v) is 5.42. The van der Waals surface area contributed by atoms with Crippen LogP contribution in [-0.4, -0.2) is 52.3 Å². The van der Waals surface area contributed by atoms with Gasteiger partial charge >= 0.3 is 0 Å². The van der Waals surface area contributed by atoms with Crippen molar-refractivity contribution in [3.8, 4) is 0 Å². The first-order valence-electron chi connectivity index (χ1n) is 9.55. The van der Waals surface area contributed by atoms with Gasteiger partial charge in [0.25, 0.3) is 5.56 Å². The van der Waals surface area contributed by atoms with Crippen molar-refractivity contribution in [3.63, 3.8) is 0 Å². The van der Waals surface area contributed by atoms with Crippen molar-refractivity contribution < 1.29 is 4.52 Å². The van der Waals surface area contributed by atoms with Crippen molar-refractivity contribution in [1.29, 1.82) is 0 Å². The molecular weight excluding hydrogens is 354 g/mol. The van der Waals surface area contributed by atoms with E-state index >= 15 is 0 Å². The molecule has 1 aromatic carbocycles. The van der Waals surface area contributed by atoms with Gasteiger partial charge in [-0.3, -0.25) is 14.7 Å². The Hall–Kier alpha value is -3.19. The van der Waals surface area contributed by atoms with Gasteiger partial charge in [-0.1, -0.05) is 23.4 Å². The van der Waals surface area contributed by atoms with Crippen LogP contribution in [-0.2, 0) is 6.54 Å². The topological polar surface area (TPSA) is 67.4 Å². The number of nitrogens with zero attached hydrogens (tertiary/aromatic N) is 5. The lowest BCUT2D eigenvalue weighted by Crippen LogP contribution is -2.47. The summed E-state index contributed by atoms with van der Waals surface area (Å²) in [6, 6.07) is 13.7. The lowest BCUT2D eigenvalue weighted by Gasteiger charge is -2.34. The third kappa shape index (κ3) is 3.03. The van der Waals surface area contributed by atoms with Crippen LogP contribution in [0.2, 0.25) is 0 Å². The van der Waals surface area contributed by atoms with E-state index in [1.54, 1.807) is 10.8 Å². The van der Waals surface area contributed by atoms with Gasteiger partial charge in [-0.15, -0.1) is 0 Å². The van der Waals surface area contributed by atoms with E-state index in [0.717, 1.165) is 54.9 Å². The van der Waals surface area contributed by atoms with Crippen LogP contribution in [0.25, 0.3) is 21.9 Å². The number of pyridine rings is 2. The average Bonchev–Trinajstić information content (AvgIpc) is 3.18. The summed E-state index contributed by atoms with van der Waals surface area (Å²) in [5.41, 5.74) is 1.34. The van der Waals surface area contributed by atoms with Gasteiger partial charge in [0.05, 0.1) is 5.39 Å². The lowest BCUT2D eigenvalue weighted by atomic mass is 10.2. The summed E-state index contributed by atoms with van der Waals surface area (Å²) in [4.78, 5) is 21.5. The molecule has 28 heavy (non-hydrogen) atoms. The van der Waals surface area contributed by atoms with Crippen LogP contribution >= 0.6 is 0 Å². The minimum Gasteiger partial charge on any atom is -0.354 e. The van der Waals surface area contributed by atoms with Crippen molar-refractivity contribution in [3.05, 3.63) is 65.2 Å². The molecule has 0 spiro atoms. The molecule has 0 saturated carbocycles. The minimum absolute atomic E-state index is 0.0224. The molecule has 0 atom stereocenters. The Labute approximate surface area is 161 Å². The molecule has 142 valence electrons. The Bertz CT molecular complexity index is 1170. The maximum atomic E-state index is 12.6.